The number of nitrogens with two attached hydrogens (primary N) is 1. The Kier molecular flexibility index (Phi) is 4.46. The van der Waals surface area contributed by atoms with E-state index >= 15 is 0 Å². The third kappa shape index (κ3) is 3.31. The first-order valence-electron chi connectivity index (χ1n) is 6.38. The lowest BCUT2D eigenvalue weighted by Gasteiger charge is -2.08. The maximum absolute atomic E-state index is 12.8. The van der Waals surface area contributed by atoms with E-state index < -0.39 is 10.0 Å². The van der Waals surface area contributed by atoms with Crippen molar-refractivity contribution in [2.24, 2.45) is 5.73 Å². The van der Waals surface area contributed by atoms with E-state index in [1.54, 1.807) is 13.8 Å². The van der Waals surface area contributed by atoms with Gasteiger partial charge in [-0.25, -0.2) is 17.5 Å². The fourth-order valence-corrected chi connectivity index (χ4v) is 3.62. The molecule has 114 valence electrons. The molecule has 0 atom stereocenters. The van der Waals surface area contributed by atoms with Crippen molar-refractivity contribution in [3.05, 3.63) is 52.7 Å². The first kappa shape index (κ1) is 15.7. The minimum Gasteiger partial charge on any atom is -0.465 e. The van der Waals surface area contributed by atoms with Crippen molar-refractivity contribution < 1.29 is 17.2 Å². The van der Waals surface area contributed by atoms with Crippen LogP contribution in [0.4, 0.5) is 4.39 Å². The van der Waals surface area contributed by atoms with Crippen molar-refractivity contribution in [2.75, 3.05) is 0 Å². The maximum Gasteiger partial charge on any atom is 0.244 e. The van der Waals surface area contributed by atoms with E-state index in [9.17, 15) is 12.8 Å². The van der Waals surface area contributed by atoms with E-state index in [0.717, 1.165) is 0 Å². The number of nitrogens with one attached hydrogen (secondary N) is 1. The fraction of sp³-hybridized carbons (Fsp3) is 0.286. The van der Waals surface area contributed by atoms with Gasteiger partial charge >= 0.3 is 0 Å². The fourth-order valence-electron chi connectivity index (χ4n) is 2.15. The Hall–Kier alpha value is -1.70. The first-order chi connectivity index (χ1) is 9.85. The van der Waals surface area contributed by atoms with Crippen LogP contribution in [0.3, 0.4) is 0 Å². The Morgan fingerprint density at radius 3 is 2.38 bits per heavy atom. The predicted octanol–water partition coefficient (Wildman–Crippen LogP) is 1.97. The SMILES string of the molecule is Cc1oc(C)c(S(=O)(=O)NCc2ccc(F)cc2)c1CN. The zero-order valence-corrected chi connectivity index (χ0v) is 12.6. The molecule has 2 rings (SSSR count). The summed E-state index contributed by atoms with van der Waals surface area (Å²) in [6.45, 7) is 3.40. The zero-order chi connectivity index (χ0) is 15.6. The molecule has 2 aromatic rings. The summed E-state index contributed by atoms with van der Waals surface area (Å²) in [5, 5.41) is 0. The highest BCUT2D eigenvalue weighted by Crippen LogP contribution is 2.26. The summed E-state index contributed by atoms with van der Waals surface area (Å²) in [5.41, 5.74) is 6.72. The molecular formula is C14H17FN2O3S. The van der Waals surface area contributed by atoms with Crippen LogP contribution in [0.15, 0.2) is 33.6 Å². The molecule has 1 aromatic carbocycles. The standard InChI is InChI=1S/C14H17FN2O3S/c1-9-13(7-16)14(10(2)20-9)21(18,19)17-8-11-3-5-12(15)6-4-11/h3-6,17H,7-8,16H2,1-2H3. The monoisotopic (exact) mass is 312 g/mol. The molecule has 0 radical (unpaired) electrons. The second kappa shape index (κ2) is 5.97. The lowest BCUT2D eigenvalue weighted by Crippen LogP contribution is -2.25. The van der Waals surface area contributed by atoms with Gasteiger partial charge in [-0.05, 0) is 31.5 Å². The molecule has 0 aliphatic carbocycles. The minimum atomic E-state index is -3.74. The molecule has 0 saturated carbocycles. The highest BCUT2D eigenvalue weighted by atomic mass is 32.2. The third-order valence-electron chi connectivity index (χ3n) is 3.18. The zero-order valence-electron chi connectivity index (χ0n) is 11.8. The van der Waals surface area contributed by atoms with E-state index in [1.807, 2.05) is 0 Å². The second-order valence-electron chi connectivity index (χ2n) is 4.68. The molecule has 1 heterocycles. The average molecular weight is 312 g/mol. The summed E-state index contributed by atoms with van der Waals surface area (Å²) in [6.07, 6.45) is 0. The number of aryl methyl sites for hydroxylation is 2. The van der Waals surface area contributed by atoms with Crippen LogP contribution < -0.4 is 10.5 Å². The molecule has 0 aliphatic heterocycles. The van der Waals surface area contributed by atoms with Crippen molar-refractivity contribution in [2.45, 2.75) is 31.8 Å². The lowest BCUT2D eigenvalue weighted by atomic mass is 10.2. The highest BCUT2D eigenvalue weighted by molar-refractivity contribution is 7.89. The van der Waals surface area contributed by atoms with Crippen LogP contribution in [0.1, 0.15) is 22.6 Å². The van der Waals surface area contributed by atoms with Gasteiger partial charge in [0.15, 0.2) is 0 Å². The number of benzene rings is 1. The van der Waals surface area contributed by atoms with Crippen molar-refractivity contribution in [1.29, 1.82) is 0 Å². The van der Waals surface area contributed by atoms with Crippen molar-refractivity contribution in [1.82, 2.24) is 4.72 Å². The van der Waals surface area contributed by atoms with Gasteiger partial charge in [0.25, 0.3) is 0 Å². The third-order valence-corrected chi connectivity index (χ3v) is 4.77. The molecule has 1 aromatic heterocycles. The van der Waals surface area contributed by atoms with E-state index in [2.05, 4.69) is 4.72 Å². The van der Waals surface area contributed by atoms with Gasteiger partial charge in [0.1, 0.15) is 22.2 Å². The Morgan fingerprint density at radius 1 is 1.19 bits per heavy atom. The van der Waals surface area contributed by atoms with E-state index in [4.69, 9.17) is 10.2 Å². The Morgan fingerprint density at radius 2 is 1.81 bits per heavy atom. The summed E-state index contributed by atoms with van der Waals surface area (Å²) >= 11 is 0. The van der Waals surface area contributed by atoms with Crippen LogP contribution in [0.2, 0.25) is 0 Å². The highest BCUT2D eigenvalue weighted by Gasteiger charge is 2.25. The van der Waals surface area contributed by atoms with Crippen molar-refractivity contribution >= 4 is 10.0 Å². The Labute approximate surface area is 123 Å². The van der Waals surface area contributed by atoms with Crippen LogP contribution in [0.25, 0.3) is 0 Å². The molecule has 0 saturated heterocycles. The number of hydrogen-bond acceptors (Lipinski definition) is 4. The molecule has 21 heavy (non-hydrogen) atoms. The van der Waals surface area contributed by atoms with E-state index in [1.165, 1.54) is 24.3 Å². The molecule has 0 aliphatic rings. The predicted molar refractivity (Wildman–Crippen MR) is 76.5 cm³/mol. The van der Waals surface area contributed by atoms with Crippen LogP contribution in [-0.4, -0.2) is 8.42 Å². The summed E-state index contributed by atoms with van der Waals surface area (Å²) in [5.74, 6) is 0.435. The van der Waals surface area contributed by atoms with E-state index in [0.29, 0.717) is 22.6 Å². The molecule has 5 nitrogen and oxygen atoms in total. The maximum atomic E-state index is 12.8. The van der Waals surface area contributed by atoms with Gasteiger partial charge in [-0.3, -0.25) is 0 Å². The topological polar surface area (TPSA) is 85.3 Å². The van der Waals surface area contributed by atoms with E-state index in [-0.39, 0.29) is 23.8 Å². The summed E-state index contributed by atoms with van der Waals surface area (Å²) < 4.78 is 45.4. The molecule has 0 amide bonds. The number of halogens is 1. The molecule has 0 unspecified atom stereocenters. The number of sulfonamides is 1. The smallest absolute Gasteiger partial charge is 0.244 e. The molecule has 0 spiro atoms. The van der Waals surface area contributed by atoms with Gasteiger partial charge in [0, 0.05) is 18.7 Å². The normalized spacial score (nSPS) is 11.8. The van der Waals surface area contributed by atoms with Gasteiger partial charge < -0.3 is 10.2 Å². The number of rotatable bonds is 5. The summed E-state index contributed by atoms with van der Waals surface area (Å²) in [6, 6.07) is 5.61. The summed E-state index contributed by atoms with van der Waals surface area (Å²) in [7, 11) is -3.74. The minimum absolute atomic E-state index is 0.0658. The summed E-state index contributed by atoms with van der Waals surface area (Å²) in [4.78, 5) is 0.0876. The number of furan rings is 1. The Bertz CT molecular complexity index is 736. The van der Waals surface area contributed by atoms with Gasteiger partial charge in [-0.1, -0.05) is 12.1 Å². The Balaban J connectivity index is 2.25. The van der Waals surface area contributed by atoms with Gasteiger partial charge in [0.05, 0.1) is 0 Å². The molecule has 3 N–H and O–H groups in total. The van der Waals surface area contributed by atoms with Crippen LogP contribution in [-0.2, 0) is 23.1 Å². The van der Waals surface area contributed by atoms with Crippen molar-refractivity contribution in [3.63, 3.8) is 0 Å². The van der Waals surface area contributed by atoms with Crippen LogP contribution >= 0.6 is 0 Å². The lowest BCUT2D eigenvalue weighted by molar-refractivity contribution is 0.494. The number of hydrogen-bond donors (Lipinski definition) is 2. The molecule has 0 bridgehead atoms. The largest absolute Gasteiger partial charge is 0.465 e. The average Bonchev–Trinajstić information content (AvgIpc) is 2.73. The first-order valence-corrected chi connectivity index (χ1v) is 7.86. The quantitative estimate of drug-likeness (QED) is 0.884. The van der Waals surface area contributed by atoms with Crippen LogP contribution in [0.5, 0.6) is 0 Å². The van der Waals surface area contributed by atoms with Gasteiger partial charge in [-0.15, -0.1) is 0 Å². The molecule has 7 heteroatoms. The molecule has 0 fully saturated rings. The second-order valence-corrected chi connectivity index (χ2v) is 6.38. The van der Waals surface area contributed by atoms with Crippen molar-refractivity contribution in [3.8, 4) is 0 Å². The van der Waals surface area contributed by atoms with Crippen LogP contribution in [0, 0.1) is 19.7 Å². The molecular weight excluding hydrogens is 295 g/mol. The van der Waals surface area contributed by atoms with Gasteiger partial charge in [-0.2, -0.15) is 0 Å². The van der Waals surface area contributed by atoms with Gasteiger partial charge in [0.2, 0.25) is 10.0 Å².